The lowest BCUT2D eigenvalue weighted by molar-refractivity contribution is -0.380. The summed E-state index contributed by atoms with van der Waals surface area (Å²) in [7, 11) is -0.423. The van der Waals surface area contributed by atoms with Crippen LogP contribution in [0.5, 0.6) is 0 Å². The lowest BCUT2D eigenvalue weighted by Gasteiger charge is -2.71. The summed E-state index contributed by atoms with van der Waals surface area (Å²) in [6, 6.07) is 13.6. The molecule has 9 rings (SSSR count). The van der Waals surface area contributed by atoms with Gasteiger partial charge in [-0.3, -0.25) is 4.79 Å². The van der Waals surface area contributed by atoms with E-state index in [4.69, 9.17) is 37.6 Å². The molecule has 12 heteroatoms. The van der Waals surface area contributed by atoms with E-state index in [0.29, 0.717) is 44.1 Å². The number of allylic oxidation sites excluding steroid dienone is 2. The molecule has 11 nitrogen and oxygen atoms in total. The first-order valence-corrected chi connectivity index (χ1v) is 34.4. The molecule has 0 amide bonds. The van der Waals surface area contributed by atoms with Crippen LogP contribution in [0.1, 0.15) is 181 Å². The molecule has 7 fully saturated rings. The second-order valence-corrected chi connectivity index (χ2v) is 34.0. The monoisotopic (exact) mass is 1120 g/mol. The standard InChI is InChI=1S/C67H108O11Si/c1-18-49-42(7)43(8)56(78-79(19-2,20-3)21-4)59(73-49)77-57-55(76-58-44(9)41(6)40(5)38-72-58)45(10)50(35-46-25-23-22-24-26-46)74-60(57)75-53-30-31-63(13)51(64(53,14)39-68)29-32-65(15)52(63)28-27-47-48-36-62(11,12)33-34-67(48,61(69)70)54(71-17)37-66(47,65)16/h22-27,39-45,48-60H,18-21,28-38H2,1-17H3,(H,69,70)/t40-,41+,42-,43+,44?,45-,48?,49?,50?,51-,52?,53+,54-,55+,56?,57?,58+,59+,60+,63?,64?,65-,66?,67-/m1/s1. The topological polar surface area (TPSA) is 128 Å². The summed E-state index contributed by atoms with van der Waals surface area (Å²) < 4.78 is 58.2. The Labute approximate surface area is 478 Å². The number of carbonyl (C=O) groups excluding carboxylic acids is 1. The van der Waals surface area contributed by atoms with Crippen LogP contribution in [0.4, 0.5) is 0 Å². The van der Waals surface area contributed by atoms with Crippen LogP contribution in [0.15, 0.2) is 42.0 Å². The van der Waals surface area contributed by atoms with Crippen molar-refractivity contribution in [3.05, 3.63) is 47.5 Å². The minimum atomic E-state index is -2.16. The van der Waals surface area contributed by atoms with E-state index in [1.807, 2.05) is 0 Å². The van der Waals surface area contributed by atoms with Gasteiger partial charge in [0.15, 0.2) is 27.2 Å². The first-order chi connectivity index (χ1) is 37.3. The maximum absolute atomic E-state index is 14.5. The fourth-order valence-electron chi connectivity index (χ4n) is 18.9. The van der Waals surface area contributed by atoms with Crippen molar-refractivity contribution in [3.8, 4) is 0 Å². The Morgan fingerprint density at radius 2 is 1.37 bits per heavy atom. The lowest BCUT2D eigenvalue weighted by atomic mass is 9.33. The van der Waals surface area contributed by atoms with Crippen LogP contribution >= 0.6 is 0 Å². The predicted octanol–water partition coefficient (Wildman–Crippen LogP) is 14.5. The number of benzene rings is 1. The Morgan fingerprint density at radius 3 is 2.00 bits per heavy atom. The number of rotatable bonds is 17. The number of aliphatic carboxylic acids is 1. The van der Waals surface area contributed by atoms with E-state index in [0.717, 1.165) is 63.1 Å². The lowest BCUT2D eigenvalue weighted by Crippen LogP contribution is -2.68. The van der Waals surface area contributed by atoms with Gasteiger partial charge in [-0.05, 0) is 157 Å². The summed E-state index contributed by atoms with van der Waals surface area (Å²) in [5.74, 6) is 0.691. The number of hydrogen-bond acceptors (Lipinski definition) is 10. The fourth-order valence-corrected chi connectivity index (χ4v) is 21.8. The summed E-state index contributed by atoms with van der Waals surface area (Å²) in [5.41, 5.74) is 0.133. The molecule has 0 bridgehead atoms. The maximum Gasteiger partial charge on any atom is 0.312 e. The molecule has 79 heavy (non-hydrogen) atoms. The summed E-state index contributed by atoms with van der Waals surface area (Å²) in [6.45, 7) is 37.7. The van der Waals surface area contributed by atoms with Gasteiger partial charge < -0.3 is 47.5 Å². The van der Waals surface area contributed by atoms with Gasteiger partial charge in [-0.2, -0.15) is 0 Å². The molecular formula is C67H108O11Si. The van der Waals surface area contributed by atoms with Crippen LogP contribution in [-0.2, 0) is 53.6 Å². The van der Waals surface area contributed by atoms with E-state index in [9.17, 15) is 14.7 Å². The SMILES string of the molecule is CCC1O[C@@H](OC2[C@H](O[C@H]3CCC4(C)C5CC=C6C7CC(C)(C)CC[C@]7(C(=O)O)[C@H](OC)CC6(C)[C@]5(C)CC[C@H]4C3(C)C=O)OC(Cc3ccccc3)[C@@H](C)[C@@H]2O[C@@H]2OC[C@@H](C)[C@H](C)C2C)C(O[Si](CC)(CC)CC)[C@@H](C)[C@H]1C. The normalized spacial score (nSPS) is 47.9. The molecule has 1 aromatic rings. The Morgan fingerprint density at radius 1 is 0.709 bits per heavy atom. The number of carbonyl (C=O) groups is 2. The van der Waals surface area contributed by atoms with Crippen LogP contribution in [-0.4, -0.2) is 101 Å². The van der Waals surface area contributed by atoms with Crippen LogP contribution in [0.25, 0.3) is 0 Å². The molecule has 0 radical (unpaired) electrons. The molecule has 0 spiro atoms. The first kappa shape index (κ1) is 61.6. The minimum Gasteiger partial charge on any atom is -0.481 e. The van der Waals surface area contributed by atoms with Crippen molar-refractivity contribution in [1.82, 2.24) is 0 Å². The molecule has 8 aliphatic rings. The van der Waals surface area contributed by atoms with Crippen LogP contribution in [0.2, 0.25) is 18.1 Å². The zero-order valence-corrected chi connectivity index (χ0v) is 53.1. The van der Waals surface area contributed by atoms with Crippen molar-refractivity contribution in [1.29, 1.82) is 0 Å². The number of carboxylic acids is 1. The Kier molecular flexibility index (Phi) is 18.0. The predicted molar refractivity (Wildman–Crippen MR) is 312 cm³/mol. The van der Waals surface area contributed by atoms with Gasteiger partial charge in [-0.15, -0.1) is 0 Å². The van der Waals surface area contributed by atoms with E-state index in [-0.39, 0.29) is 87.5 Å². The largest absolute Gasteiger partial charge is 0.481 e. The van der Waals surface area contributed by atoms with Crippen molar-refractivity contribution < 1.29 is 52.3 Å². The smallest absolute Gasteiger partial charge is 0.312 e. The van der Waals surface area contributed by atoms with Crippen molar-refractivity contribution in [2.24, 2.45) is 85.8 Å². The molecule has 24 atom stereocenters. The molecule has 3 saturated heterocycles. The number of carboxylic acid groups (broad SMARTS) is 1. The third-order valence-electron chi connectivity index (χ3n) is 25.3. The number of aldehydes is 1. The second kappa shape index (κ2) is 23.1. The third-order valence-corrected chi connectivity index (χ3v) is 30.0. The summed E-state index contributed by atoms with van der Waals surface area (Å²) in [5, 5.41) is 11.2. The maximum atomic E-state index is 14.5. The Balaban J connectivity index is 1.10. The third kappa shape index (κ3) is 10.3. The van der Waals surface area contributed by atoms with E-state index >= 15 is 0 Å². The average Bonchev–Trinajstić information content (AvgIpc) is 3.62. The van der Waals surface area contributed by atoms with Crippen LogP contribution in [0, 0.1) is 85.8 Å². The highest BCUT2D eigenvalue weighted by Gasteiger charge is 2.72. The molecular weight excluding hydrogens is 1010 g/mol. The highest BCUT2D eigenvalue weighted by molar-refractivity contribution is 6.73. The number of ether oxygens (including phenoxy) is 7. The summed E-state index contributed by atoms with van der Waals surface area (Å²) in [4.78, 5) is 28.2. The van der Waals surface area contributed by atoms with Gasteiger partial charge in [0.25, 0.3) is 0 Å². The van der Waals surface area contributed by atoms with Crippen molar-refractivity contribution in [3.63, 3.8) is 0 Å². The van der Waals surface area contributed by atoms with Gasteiger partial charge in [-0.25, -0.2) is 0 Å². The van der Waals surface area contributed by atoms with Crippen molar-refractivity contribution in [2.75, 3.05) is 13.7 Å². The Bertz CT molecular complexity index is 2300. The average molecular weight is 1120 g/mol. The number of fused-ring (bicyclic) bond motifs is 7. The highest BCUT2D eigenvalue weighted by atomic mass is 28.4. The summed E-state index contributed by atoms with van der Waals surface area (Å²) in [6.07, 6.45) is 7.67. The molecule has 10 unspecified atom stereocenters. The quantitative estimate of drug-likeness (QED) is 0.0693. The minimum absolute atomic E-state index is 0.0257. The first-order valence-electron chi connectivity index (χ1n) is 31.8. The molecule has 1 N–H and O–H groups in total. The van der Waals surface area contributed by atoms with Gasteiger partial charge in [0.2, 0.25) is 0 Å². The fraction of sp³-hybridized carbons (Fsp3) is 0.851. The van der Waals surface area contributed by atoms with Gasteiger partial charge >= 0.3 is 5.97 Å². The Hall–Kier alpha value is -2.00. The van der Waals surface area contributed by atoms with Crippen molar-refractivity contribution in [2.45, 2.75) is 261 Å². The highest BCUT2D eigenvalue weighted by Crippen LogP contribution is 2.76. The number of hydrogen-bond donors (Lipinski definition) is 1. The number of methoxy groups -OCH3 is 1. The molecule has 4 saturated carbocycles. The zero-order chi connectivity index (χ0) is 57.4. The molecule has 0 aromatic heterocycles. The van der Waals surface area contributed by atoms with E-state index in [1.54, 1.807) is 7.11 Å². The van der Waals surface area contributed by atoms with E-state index < -0.39 is 62.3 Å². The zero-order valence-electron chi connectivity index (χ0n) is 52.1. The molecule has 3 aliphatic heterocycles. The second-order valence-electron chi connectivity index (χ2n) is 29.3. The van der Waals surface area contributed by atoms with E-state index in [1.165, 1.54) is 17.4 Å². The van der Waals surface area contributed by atoms with Gasteiger partial charge in [0, 0.05) is 18.9 Å². The summed E-state index contributed by atoms with van der Waals surface area (Å²) >= 11 is 0. The van der Waals surface area contributed by atoms with E-state index in [2.05, 4.69) is 147 Å². The molecule has 3 heterocycles. The van der Waals surface area contributed by atoms with Gasteiger partial charge in [0.1, 0.15) is 17.8 Å². The molecule has 446 valence electrons. The van der Waals surface area contributed by atoms with Crippen LogP contribution in [0.3, 0.4) is 0 Å². The van der Waals surface area contributed by atoms with Crippen molar-refractivity contribution >= 4 is 20.6 Å². The van der Waals surface area contributed by atoms with Gasteiger partial charge in [0.05, 0.1) is 48.6 Å². The molecule has 1 aromatic carbocycles. The molecule has 5 aliphatic carbocycles. The van der Waals surface area contributed by atoms with Crippen LogP contribution < -0.4 is 0 Å². The van der Waals surface area contributed by atoms with Gasteiger partial charge in [-0.1, -0.05) is 153 Å².